The first-order valence-electron chi connectivity index (χ1n) is 14.5. The molecule has 1 nitrogen and oxygen atoms in total. The fraction of sp³-hybridized carbons (Fsp3) is 0.0732. The number of allylic oxidation sites excluding steroid dienone is 2. The van der Waals surface area contributed by atoms with Gasteiger partial charge in [-0.15, -0.1) is 0 Å². The third-order valence-corrected chi connectivity index (χ3v) is 7.67. The van der Waals surface area contributed by atoms with E-state index in [-0.39, 0.29) is 0 Å². The minimum Gasteiger partial charge on any atom is -0.311 e. The summed E-state index contributed by atoms with van der Waals surface area (Å²) in [5.41, 5.74) is 12.0. The molecule has 0 aliphatic carbocycles. The van der Waals surface area contributed by atoms with Gasteiger partial charge in [0.25, 0.3) is 0 Å². The van der Waals surface area contributed by atoms with Gasteiger partial charge in [0.2, 0.25) is 0 Å². The molecule has 0 radical (unpaired) electrons. The maximum atomic E-state index is 2.32. The fourth-order valence-corrected chi connectivity index (χ4v) is 5.48. The van der Waals surface area contributed by atoms with Crippen molar-refractivity contribution in [3.63, 3.8) is 0 Å². The first-order valence-corrected chi connectivity index (χ1v) is 14.5. The van der Waals surface area contributed by atoms with Crippen LogP contribution in [-0.4, -0.2) is 0 Å². The molecule has 0 N–H and O–H groups in total. The second-order valence-corrected chi connectivity index (χ2v) is 10.9. The van der Waals surface area contributed by atoms with E-state index in [9.17, 15) is 0 Å². The van der Waals surface area contributed by atoms with Crippen molar-refractivity contribution in [2.75, 3.05) is 4.90 Å². The van der Waals surface area contributed by atoms with E-state index in [1.807, 2.05) is 0 Å². The Hall–Kier alpha value is -5.14. The van der Waals surface area contributed by atoms with Crippen LogP contribution >= 0.6 is 0 Å². The first-order chi connectivity index (χ1) is 20.5. The molecular weight excluding hydrogens is 506 g/mol. The molecule has 0 fully saturated rings. The molecule has 1 heteroatoms. The first kappa shape index (κ1) is 27.1. The van der Waals surface area contributed by atoms with Gasteiger partial charge in [-0.1, -0.05) is 132 Å². The van der Waals surface area contributed by atoms with Crippen molar-refractivity contribution in [1.29, 1.82) is 0 Å². The van der Waals surface area contributed by atoms with Crippen LogP contribution < -0.4 is 4.90 Å². The molecule has 0 amide bonds. The van der Waals surface area contributed by atoms with Gasteiger partial charge in [-0.05, 0) is 95.8 Å². The van der Waals surface area contributed by atoms with Crippen molar-refractivity contribution in [3.05, 3.63) is 185 Å². The molecule has 0 heterocycles. The summed E-state index contributed by atoms with van der Waals surface area (Å²) in [6.07, 6.45) is 4.58. The van der Waals surface area contributed by atoms with Gasteiger partial charge in [-0.25, -0.2) is 0 Å². The van der Waals surface area contributed by atoms with E-state index >= 15 is 0 Å². The third kappa shape index (κ3) is 5.96. The Balaban J connectivity index is 1.37. The summed E-state index contributed by atoms with van der Waals surface area (Å²) in [5.74, 6) is 0. The van der Waals surface area contributed by atoms with Crippen LogP contribution in [0.3, 0.4) is 0 Å². The van der Waals surface area contributed by atoms with Crippen molar-refractivity contribution < 1.29 is 0 Å². The number of benzene rings is 6. The summed E-state index contributed by atoms with van der Waals surface area (Å²) in [6, 6.07) is 52.2. The van der Waals surface area contributed by atoms with Crippen molar-refractivity contribution in [2.45, 2.75) is 20.8 Å². The zero-order chi connectivity index (χ0) is 28.9. The lowest BCUT2D eigenvalue weighted by molar-refractivity contribution is 1.27. The molecule has 0 saturated heterocycles. The van der Waals surface area contributed by atoms with Crippen molar-refractivity contribution >= 4 is 39.5 Å². The zero-order valence-corrected chi connectivity index (χ0v) is 24.5. The van der Waals surface area contributed by atoms with Crippen molar-refractivity contribution in [2.24, 2.45) is 0 Å². The molecule has 42 heavy (non-hydrogen) atoms. The second kappa shape index (κ2) is 12.2. The Kier molecular flexibility index (Phi) is 7.83. The third-order valence-electron chi connectivity index (χ3n) is 7.67. The fourth-order valence-electron chi connectivity index (χ4n) is 5.48. The lowest BCUT2D eigenvalue weighted by Crippen LogP contribution is -2.09. The van der Waals surface area contributed by atoms with E-state index in [0.29, 0.717) is 0 Å². The van der Waals surface area contributed by atoms with Crippen LogP contribution in [0.5, 0.6) is 0 Å². The average Bonchev–Trinajstić information content (AvgIpc) is 3.03. The lowest BCUT2D eigenvalue weighted by Gasteiger charge is -2.26. The van der Waals surface area contributed by atoms with E-state index in [2.05, 4.69) is 183 Å². The molecule has 6 aromatic carbocycles. The normalized spacial score (nSPS) is 12.0. The summed E-state index contributed by atoms with van der Waals surface area (Å²) in [7, 11) is 0. The van der Waals surface area contributed by atoms with E-state index in [4.69, 9.17) is 0 Å². The zero-order valence-electron chi connectivity index (χ0n) is 24.5. The molecule has 0 aliphatic rings. The van der Waals surface area contributed by atoms with E-state index < -0.39 is 0 Å². The SMILES string of the molecule is CC(=C\c1ccc(N(c2ccc(C)cc2)c2ccc(C)cc2)cc1)/C=C(\c1ccccc1)c1cccc2ccccc12. The van der Waals surface area contributed by atoms with Crippen LogP contribution in [0, 0.1) is 13.8 Å². The monoisotopic (exact) mass is 541 g/mol. The van der Waals surface area contributed by atoms with E-state index in [0.717, 1.165) is 17.1 Å². The highest BCUT2D eigenvalue weighted by molar-refractivity contribution is 5.98. The number of anilines is 3. The van der Waals surface area contributed by atoms with Gasteiger partial charge in [0, 0.05) is 17.1 Å². The number of aryl methyl sites for hydroxylation is 2. The molecule has 0 spiro atoms. The van der Waals surface area contributed by atoms with E-state index in [1.165, 1.54) is 49.7 Å². The molecule has 0 unspecified atom stereocenters. The maximum absolute atomic E-state index is 2.32. The molecule has 6 aromatic rings. The molecular formula is C41H35N. The van der Waals surface area contributed by atoms with Gasteiger partial charge < -0.3 is 4.90 Å². The average molecular weight is 542 g/mol. The maximum Gasteiger partial charge on any atom is 0.0462 e. The standard InChI is InChI=1S/C41H35N/c1-30-16-22-36(23-17-30)42(37-24-18-31(2)19-25-37)38-26-20-33(21-27-38)28-32(3)29-41(35-10-5-4-6-11-35)40-15-9-13-34-12-7-8-14-39(34)40/h4-29H,1-3H3/b32-28+,41-29+. The van der Waals surface area contributed by atoms with Crippen LogP contribution in [0.1, 0.15) is 34.7 Å². The molecule has 0 atom stereocenters. The quantitative estimate of drug-likeness (QED) is 0.182. The Labute approximate surface area is 249 Å². The Morgan fingerprint density at radius 2 is 1.05 bits per heavy atom. The highest BCUT2D eigenvalue weighted by Crippen LogP contribution is 2.35. The Morgan fingerprint density at radius 3 is 1.67 bits per heavy atom. The van der Waals surface area contributed by atoms with Crippen molar-refractivity contribution in [1.82, 2.24) is 0 Å². The largest absolute Gasteiger partial charge is 0.311 e. The van der Waals surface area contributed by atoms with Crippen LogP contribution in [-0.2, 0) is 0 Å². The van der Waals surface area contributed by atoms with Gasteiger partial charge in [-0.2, -0.15) is 0 Å². The van der Waals surface area contributed by atoms with Gasteiger partial charge in [0.15, 0.2) is 0 Å². The van der Waals surface area contributed by atoms with Gasteiger partial charge >= 0.3 is 0 Å². The number of hydrogen-bond donors (Lipinski definition) is 0. The summed E-state index contributed by atoms with van der Waals surface area (Å²) in [4.78, 5) is 2.31. The summed E-state index contributed by atoms with van der Waals surface area (Å²) in [5, 5.41) is 2.51. The second-order valence-electron chi connectivity index (χ2n) is 10.9. The number of nitrogens with zero attached hydrogens (tertiary/aromatic N) is 1. The van der Waals surface area contributed by atoms with Gasteiger partial charge in [-0.3, -0.25) is 0 Å². The van der Waals surface area contributed by atoms with Gasteiger partial charge in [0.05, 0.1) is 0 Å². The van der Waals surface area contributed by atoms with E-state index in [1.54, 1.807) is 0 Å². The molecule has 0 aromatic heterocycles. The minimum absolute atomic E-state index is 1.13. The summed E-state index contributed by atoms with van der Waals surface area (Å²) in [6.45, 7) is 6.44. The summed E-state index contributed by atoms with van der Waals surface area (Å²) >= 11 is 0. The number of rotatable bonds is 7. The van der Waals surface area contributed by atoms with Crippen LogP contribution in [0.2, 0.25) is 0 Å². The smallest absolute Gasteiger partial charge is 0.0462 e. The lowest BCUT2D eigenvalue weighted by atomic mass is 9.91. The molecule has 6 rings (SSSR count). The van der Waals surface area contributed by atoms with Crippen LogP contribution in [0.25, 0.3) is 22.4 Å². The van der Waals surface area contributed by atoms with Gasteiger partial charge in [0.1, 0.15) is 0 Å². The molecule has 204 valence electrons. The predicted octanol–water partition coefficient (Wildman–Crippen LogP) is 11.5. The Bertz CT molecular complexity index is 1810. The molecule has 0 bridgehead atoms. The minimum atomic E-state index is 1.13. The topological polar surface area (TPSA) is 3.24 Å². The highest BCUT2D eigenvalue weighted by Gasteiger charge is 2.13. The highest BCUT2D eigenvalue weighted by atomic mass is 15.1. The molecule has 0 saturated carbocycles. The summed E-state index contributed by atoms with van der Waals surface area (Å²) < 4.78 is 0. The number of hydrogen-bond acceptors (Lipinski definition) is 1. The van der Waals surface area contributed by atoms with Crippen LogP contribution in [0.4, 0.5) is 17.1 Å². The number of fused-ring (bicyclic) bond motifs is 1. The molecule has 0 aliphatic heterocycles. The van der Waals surface area contributed by atoms with Crippen LogP contribution in [0.15, 0.2) is 157 Å². The Morgan fingerprint density at radius 1 is 0.524 bits per heavy atom. The predicted molar refractivity (Wildman–Crippen MR) is 182 cm³/mol. The van der Waals surface area contributed by atoms with Crippen molar-refractivity contribution in [3.8, 4) is 0 Å².